The Labute approximate surface area is 205 Å². The van der Waals surface area contributed by atoms with E-state index in [1.54, 1.807) is 6.92 Å². The van der Waals surface area contributed by atoms with E-state index in [1.807, 2.05) is 31.2 Å². The van der Waals surface area contributed by atoms with Crippen molar-refractivity contribution in [2.45, 2.75) is 39.0 Å². The van der Waals surface area contributed by atoms with Gasteiger partial charge < -0.3 is 19.5 Å². The number of esters is 1. The Morgan fingerprint density at radius 3 is 2.49 bits per heavy atom. The van der Waals surface area contributed by atoms with Crippen LogP contribution in [0.1, 0.15) is 25.0 Å². The molecule has 0 radical (unpaired) electrons. The lowest BCUT2D eigenvalue weighted by molar-refractivity contribution is -0.156. The Hall–Kier alpha value is -2.55. The van der Waals surface area contributed by atoms with Crippen LogP contribution in [0.3, 0.4) is 0 Å². The van der Waals surface area contributed by atoms with E-state index in [0.29, 0.717) is 56.2 Å². The summed E-state index contributed by atoms with van der Waals surface area (Å²) in [7, 11) is 0. The zero-order chi connectivity index (χ0) is 24.8. The summed E-state index contributed by atoms with van der Waals surface area (Å²) in [5.74, 6) is 0.589. The lowest BCUT2D eigenvalue weighted by Crippen LogP contribution is -2.33. The molecule has 1 aliphatic heterocycles. The molecule has 1 saturated carbocycles. The van der Waals surface area contributed by atoms with E-state index in [2.05, 4.69) is 10.2 Å². The predicted octanol–water partition coefficient (Wildman–Crippen LogP) is 3.57. The summed E-state index contributed by atoms with van der Waals surface area (Å²) in [5.41, 5.74) is 1.53. The molecule has 6 nitrogen and oxygen atoms in total. The molecule has 8 heteroatoms. The third kappa shape index (κ3) is 6.78. The largest absolute Gasteiger partial charge is 0.492 e. The van der Waals surface area contributed by atoms with Crippen LogP contribution in [-0.4, -0.2) is 62.5 Å². The van der Waals surface area contributed by atoms with Gasteiger partial charge in [-0.15, -0.1) is 0 Å². The van der Waals surface area contributed by atoms with Crippen LogP contribution in [-0.2, 0) is 27.2 Å². The molecule has 2 aromatic rings. The van der Waals surface area contributed by atoms with Gasteiger partial charge in [0.05, 0.1) is 6.61 Å². The van der Waals surface area contributed by atoms with Crippen LogP contribution in [0.2, 0.25) is 0 Å². The minimum atomic E-state index is -0.598. The Morgan fingerprint density at radius 2 is 1.83 bits per heavy atom. The van der Waals surface area contributed by atoms with Crippen molar-refractivity contribution < 1.29 is 27.8 Å². The van der Waals surface area contributed by atoms with Gasteiger partial charge in [0.25, 0.3) is 0 Å². The highest BCUT2D eigenvalue weighted by molar-refractivity contribution is 5.75. The summed E-state index contributed by atoms with van der Waals surface area (Å²) in [6, 6.07) is 12.0. The smallest absolute Gasteiger partial charge is 0.335 e. The highest BCUT2D eigenvalue weighted by atomic mass is 19.1. The molecular formula is C27H34F2N2O4. The number of carbonyl (C=O) groups is 1. The van der Waals surface area contributed by atoms with Crippen LogP contribution in [0.4, 0.5) is 8.78 Å². The quantitative estimate of drug-likeness (QED) is 0.344. The maximum Gasteiger partial charge on any atom is 0.335 e. The number of likely N-dealkylation sites (tertiary alicyclic amines) is 1. The molecule has 190 valence electrons. The minimum Gasteiger partial charge on any atom is -0.492 e. The average Bonchev–Trinajstić information content (AvgIpc) is 3.29. The normalized spacial score (nSPS) is 22.0. The minimum absolute atomic E-state index is 0.333. The number of fused-ring (bicyclic) bond motifs is 1. The van der Waals surface area contributed by atoms with E-state index in [-0.39, 0.29) is 5.97 Å². The topological polar surface area (TPSA) is 60.0 Å². The summed E-state index contributed by atoms with van der Waals surface area (Å²) >= 11 is 0. The monoisotopic (exact) mass is 488 g/mol. The summed E-state index contributed by atoms with van der Waals surface area (Å²) in [6.07, 6.45) is -0.136. The molecule has 0 aromatic heterocycles. The molecule has 1 N–H and O–H groups in total. The van der Waals surface area contributed by atoms with E-state index in [0.717, 1.165) is 37.0 Å². The molecule has 2 aliphatic rings. The number of ether oxygens (including phenoxy) is 3. The van der Waals surface area contributed by atoms with Crippen molar-refractivity contribution in [2.24, 2.45) is 11.8 Å². The van der Waals surface area contributed by atoms with Crippen LogP contribution < -0.4 is 10.1 Å². The van der Waals surface area contributed by atoms with Crippen LogP contribution in [0.15, 0.2) is 42.5 Å². The molecule has 4 rings (SSSR count). The fourth-order valence-electron chi connectivity index (χ4n) is 4.91. The molecule has 4 atom stereocenters. The van der Waals surface area contributed by atoms with Gasteiger partial charge in [0.15, 0.2) is 6.10 Å². The summed E-state index contributed by atoms with van der Waals surface area (Å²) in [5, 5.41) is 3.56. The highest BCUT2D eigenvalue weighted by Crippen LogP contribution is 2.45. The molecule has 2 aromatic carbocycles. The predicted molar refractivity (Wildman–Crippen MR) is 128 cm³/mol. The molecule has 35 heavy (non-hydrogen) atoms. The SMILES string of the molecule is CCOC(=O)[C@H](Cc1ccc(OCCN[C@H]2[C@@H]3CN(Cc4ccc(F)cc4F)C[C@@H]32)cc1)OCC. The van der Waals surface area contributed by atoms with Gasteiger partial charge in [-0.25, -0.2) is 13.6 Å². The molecule has 1 aliphatic carbocycles. The van der Waals surface area contributed by atoms with Crippen molar-refractivity contribution in [3.63, 3.8) is 0 Å². The van der Waals surface area contributed by atoms with E-state index < -0.39 is 17.7 Å². The molecule has 0 unspecified atom stereocenters. The first kappa shape index (κ1) is 25.5. The fraction of sp³-hybridized carbons (Fsp3) is 0.519. The number of nitrogens with zero attached hydrogens (tertiary/aromatic N) is 1. The van der Waals surface area contributed by atoms with E-state index in [4.69, 9.17) is 14.2 Å². The van der Waals surface area contributed by atoms with E-state index in [1.165, 1.54) is 12.1 Å². The number of nitrogens with one attached hydrogen (secondary N) is 1. The van der Waals surface area contributed by atoms with E-state index in [9.17, 15) is 13.6 Å². The standard InChI is InChI=1S/C27H34F2N2O4/c1-3-33-25(27(32)34-4-2)13-18-5-9-21(10-6-18)35-12-11-30-26-22-16-31(17-23(22)26)15-19-7-8-20(28)14-24(19)29/h5-10,14,22-23,25-26,30H,3-4,11-13,15-17H2,1-2H3/t22-,23+,25-,26+/m0/s1. The third-order valence-corrected chi connectivity index (χ3v) is 6.69. The maximum absolute atomic E-state index is 13.9. The lowest BCUT2D eigenvalue weighted by atomic mass is 10.1. The molecule has 0 amide bonds. The van der Waals surface area contributed by atoms with Crippen molar-refractivity contribution in [1.82, 2.24) is 10.2 Å². The number of hydrogen-bond acceptors (Lipinski definition) is 6. The second kappa shape index (κ2) is 11.9. The van der Waals surface area contributed by atoms with Gasteiger partial charge in [-0.05, 0) is 49.4 Å². The van der Waals surface area contributed by atoms with Gasteiger partial charge in [-0.2, -0.15) is 0 Å². The Bertz CT molecular complexity index is 976. The molecule has 0 bridgehead atoms. The molecule has 2 fully saturated rings. The third-order valence-electron chi connectivity index (χ3n) is 6.69. The lowest BCUT2D eigenvalue weighted by Gasteiger charge is -2.20. The summed E-state index contributed by atoms with van der Waals surface area (Å²) < 4.78 is 43.4. The molecule has 1 saturated heterocycles. The molecule has 0 spiro atoms. The van der Waals surface area contributed by atoms with Crippen molar-refractivity contribution in [3.8, 4) is 5.75 Å². The average molecular weight is 489 g/mol. The Kier molecular flexibility index (Phi) is 8.70. The number of piperidine rings is 1. The first-order chi connectivity index (χ1) is 17.0. The zero-order valence-corrected chi connectivity index (χ0v) is 20.3. The number of benzene rings is 2. The number of hydrogen-bond donors (Lipinski definition) is 1. The number of rotatable bonds is 13. The summed E-state index contributed by atoms with van der Waals surface area (Å²) in [4.78, 5) is 14.3. The molecular weight excluding hydrogens is 454 g/mol. The van der Waals surface area contributed by atoms with Crippen LogP contribution in [0.25, 0.3) is 0 Å². The number of carbonyl (C=O) groups excluding carboxylic acids is 1. The van der Waals surface area contributed by atoms with Crippen molar-refractivity contribution >= 4 is 5.97 Å². The van der Waals surface area contributed by atoms with Crippen molar-refractivity contribution in [1.29, 1.82) is 0 Å². The fourth-order valence-corrected chi connectivity index (χ4v) is 4.91. The van der Waals surface area contributed by atoms with Gasteiger partial charge in [-0.1, -0.05) is 18.2 Å². The van der Waals surface area contributed by atoms with Gasteiger partial charge in [0, 0.05) is 56.9 Å². The Balaban J connectivity index is 1.13. The van der Waals surface area contributed by atoms with Gasteiger partial charge in [-0.3, -0.25) is 4.90 Å². The van der Waals surface area contributed by atoms with Gasteiger partial charge >= 0.3 is 5.97 Å². The van der Waals surface area contributed by atoms with Crippen molar-refractivity contribution in [3.05, 3.63) is 65.2 Å². The van der Waals surface area contributed by atoms with E-state index >= 15 is 0 Å². The molecule has 1 heterocycles. The van der Waals surface area contributed by atoms with Gasteiger partial charge in [0.1, 0.15) is 24.0 Å². The van der Waals surface area contributed by atoms with Gasteiger partial charge in [0.2, 0.25) is 0 Å². The summed E-state index contributed by atoms with van der Waals surface area (Å²) in [6.45, 7) is 8.11. The zero-order valence-electron chi connectivity index (χ0n) is 20.3. The number of halogens is 2. The Morgan fingerprint density at radius 1 is 1.09 bits per heavy atom. The van der Waals surface area contributed by atoms with Crippen LogP contribution >= 0.6 is 0 Å². The first-order valence-electron chi connectivity index (χ1n) is 12.4. The highest BCUT2D eigenvalue weighted by Gasteiger charge is 2.55. The maximum atomic E-state index is 13.9. The van der Waals surface area contributed by atoms with Crippen LogP contribution in [0.5, 0.6) is 5.75 Å². The van der Waals surface area contributed by atoms with Crippen molar-refractivity contribution in [2.75, 3.05) is 39.5 Å². The second-order valence-electron chi connectivity index (χ2n) is 9.13. The first-order valence-corrected chi connectivity index (χ1v) is 12.4. The van der Waals surface area contributed by atoms with Crippen LogP contribution in [0, 0.1) is 23.5 Å². The second-order valence-corrected chi connectivity index (χ2v) is 9.13.